The number of hydrogen-bond acceptors (Lipinski definition) is 0. The van der Waals surface area contributed by atoms with Crippen molar-refractivity contribution in [3.05, 3.63) is 11.1 Å². The molecule has 0 spiro atoms. The Hall–Kier alpha value is -0.330. The quantitative estimate of drug-likeness (QED) is 0.470. The smallest absolute Gasteiger partial charge is 0.132 e. The van der Waals surface area contributed by atoms with E-state index in [0.717, 1.165) is 24.8 Å². The molecule has 1 saturated carbocycles. The van der Waals surface area contributed by atoms with Gasteiger partial charge in [-0.2, -0.15) is 0 Å². The van der Waals surface area contributed by atoms with Crippen LogP contribution in [0, 0.1) is 5.41 Å². The molecule has 0 N–H and O–H groups in total. The fraction of sp³-hybridized carbons (Fsp3) is 0.800. The van der Waals surface area contributed by atoms with E-state index in [0.29, 0.717) is 0 Å². The summed E-state index contributed by atoms with van der Waals surface area (Å²) in [7, 11) is 0. The molecular formula is C10H15F. The van der Waals surface area contributed by atoms with Crippen molar-refractivity contribution in [3.63, 3.8) is 0 Å². The molecule has 2 bridgehead atoms. The predicted octanol–water partition coefficient (Wildman–Crippen LogP) is 3.23. The Morgan fingerprint density at radius 2 is 1.82 bits per heavy atom. The van der Waals surface area contributed by atoms with Crippen molar-refractivity contribution >= 4 is 0 Å². The van der Waals surface area contributed by atoms with Gasteiger partial charge in [0.25, 0.3) is 0 Å². The van der Waals surface area contributed by atoms with Crippen molar-refractivity contribution in [2.24, 2.45) is 5.41 Å². The van der Waals surface area contributed by atoms with Gasteiger partial charge in [0.05, 0.1) is 0 Å². The van der Waals surface area contributed by atoms with Crippen LogP contribution >= 0.6 is 0 Å². The largest absolute Gasteiger partial charge is 0.239 e. The van der Waals surface area contributed by atoms with Crippen LogP contribution in [0.2, 0.25) is 0 Å². The van der Waals surface area contributed by atoms with Gasteiger partial charge in [-0.25, -0.2) is 4.39 Å². The average molecular weight is 154 g/mol. The summed E-state index contributed by atoms with van der Waals surface area (Å²) < 4.78 is 13.9. The fourth-order valence-electron chi connectivity index (χ4n) is 2.70. The molecule has 1 heteroatoms. The molecule has 0 amide bonds. The zero-order chi connectivity index (χ0) is 8.28. The number of hydrogen-bond donors (Lipinski definition) is 0. The van der Waals surface area contributed by atoms with Crippen LogP contribution in [0.1, 0.15) is 40.0 Å². The first-order valence-electron chi connectivity index (χ1n) is 4.35. The van der Waals surface area contributed by atoms with Gasteiger partial charge in [-0.1, -0.05) is 12.5 Å². The minimum atomic E-state index is -0.918. The average Bonchev–Trinajstić information content (AvgIpc) is 2.32. The van der Waals surface area contributed by atoms with E-state index in [4.69, 9.17) is 0 Å². The minimum Gasteiger partial charge on any atom is -0.239 e. The molecule has 2 unspecified atom stereocenters. The second-order valence-corrected chi connectivity index (χ2v) is 4.45. The van der Waals surface area contributed by atoms with Crippen molar-refractivity contribution in [2.45, 2.75) is 45.7 Å². The van der Waals surface area contributed by atoms with Crippen LogP contribution in [-0.2, 0) is 0 Å². The van der Waals surface area contributed by atoms with Crippen LogP contribution in [0.3, 0.4) is 0 Å². The Morgan fingerprint density at radius 1 is 1.18 bits per heavy atom. The number of halogens is 1. The van der Waals surface area contributed by atoms with E-state index in [1.807, 2.05) is 6.92 Å². The lowest BCUT2D eigenvalue weighted by Gasteiger charge is -2.24. The number of allylic oxidation sites excluding steroid dienone is 2. The summed E-state index contributed by atoms with van der Waals surface area (Å²) >= 11 is 0. The zero-order valence-corrected chi connectivity index (χ0v) is 7.50. The maximum absolute atomic E-state index is 13.9. The van der Waals surface area contributed by atoms with Crippen LogP contribution < -0.4 is 0 Å². The molecular weight excluding hydrogens is 139 g/mol. The maximum atomic E-state index is 13.9. The minimum absolute atomic E-state index is 0.207. The Bertz CT molecular complexity index is 217. The van der Waals surface area contributed by atoms with Gasteiger partial charge in [0.15, 0.2) is 0 Å². The second-order valence-electron chi connectivity index (χ2n) is 4.45. The van der Waals surface area contributed by atoms with E-state index in [1.165, 1.54) is 5.57 Å². The third kappa shape index (κ3) is 0.692. The summed E-state index contributed by atoms with van der Waals surface area (Å²) in [5.41, 5.74) is 1.62. The molecule has 0 aromatic heterocycles. The van der Waals surface area contributed by atoms with E-state index >= 15 is 0 Å². The van der Waals surface area contributed by atoms with Gasteiger partial charge < -0.3 is 0 Å². The van der Waals surface area contributed by atoms with E-state index in [2.05, 4.69) is 13.8 Å². The Kier molecular flexibility index (Phi) is 1.13. The van der Waals surface area contributed by atoms with Crippen molar-refractivity contribution in [1.82, 2.24) is 0 Å². The first kappa shape index (κ1) is 7.33. The maximum Gasteiger partial charge on any atom is 0.132 e. The third-order valence-corrected chi connectivity index (χ3v) is 3.88. The molecule has 2 rings (SSSR count). The second kappa shape index (κ2) is 1.70. The summed E-state index contributed by atoms with van der Waals surface area (Å²) in [5, 5.41) is 0. The van der Waals surface area contributed by atoms with Crippen LogP contribution in [0.25, 0.3) is 0 Å². The number of alkyl halides is 1. The lowest BCUT2D eigenvalue weighted by Crippen LogP contribution is -2.17. The molecule has 62 valence electrons. The highest BCUT2D eigenvalue weighted by molar-refractivity contribution is 5.37. The molecule has 0 saturated heterocycles. The molecule has 2 aliphatic carbocycles. The first-order valence-corrected chi connectivity index (χ1v) is 4.35. The van der Waals surface area contributed by atoms with Crippen molar-refractivity contribution < 1.29 is 4.39 Å². The Balaban J connectivity index is 2.52. The normalized spacial score (nSPS) is 49.1. The summed E-state index contributed by atoms with van der Waals surface area (Å²) in [4.78, 5) is 0. The van der Waals surface area contributed by atoms with Gasteiger partial charge in [-0.15, -0.1) is 0 Å². The Labute approximate surface area is 67.5 Å². The first-order chi connectivity index (χ1) is 4.98. The van der Waals surface area contributed by atoms with Crippen LogP contribution in [-0.4, -0.2) is 5.67 Å². The van der Waals surface area contributed by atoms with Gasteiger partial charge in [-0.05, 0) is 44.1 Å². The molecule has 0 heterocycles. The van der Waals surface area contributed by atoms with Crippen LogP contribution in [0.5, 0.6) is 0 Å². The lowest BCUT2D eigenvalue weighted by atomic mass is 9.82. The summed E-state index contributed by atoms with van der Waals surface area (Å²) in [6.07, 6.45) is 2.55. The lowest BCUT2D eigenvalue weighted by molar-refractivity contribution is 0.223. The van der Waals surface area contributed by atoms with E-state index in [-0.39, 0.29) is 5.41 Å². The van der Waals surface area contributed by atoms with E-state index in [9.17, 15) is 4.39 Å². The molecule has 2 atom stereocenters. The van der Waals surface area contributed by atoms with Gasteiger partial charge in [-0.3, -0.25) is 0 Å². The number of rotatable bonds is 0. The SMILES string of the molecule is CC1=C(C)C2(F)CCC1(C)C2. The standard InChI is InChI=1S/C10H15F/c1-7-8(2)10(11)5-4-9(7,3)6-10/h4-6H2,1-3H3. The summed E-state index contributed by atoms with van der Waals surface area (Å²) in [6.45, 7) is 6.25. The molecule has 2 aliphatic rings. The highest BCUT2D eigenvalue weighted by Gasteiger charge is 2.54. The molecule has 11 heavy (non-hydrogen) atoms. The van der Waals surface area contributed by atoms with Gasteiger partial charge >= 0.3 is 0 Å². The van der Waals surface area contributed by atoms with Crippen LogP contribution in [0.4, 0.5) is 4.39 Å². The van der Waals surface area contributed by atoms with Gasteiger partial charge in [0, 0.05) is 0 Å². The Morgan fingerprint density at radius 3 is 2.09 bits per heavy atom. The van der Waals surface area contributed by atoms with E-state index in [1.54, 1.807) is 0 Å². The van der Waals surface area contributed by atoms with Crippen molar-refractivity contribution in [1.29, 1.82) is 0 Å². The van der Waals surface area contributed by atoms with Gasteiger partial charge in [0.1, 0.15) is 5.67 Å². The molecule has 0 radical (unpaired) electrons. The molecule has 1 fully saturated rings. The van der Waals surface area contributed by atoms with Gasteiger partial charge in [0.2, 0.25) is 0 Å². The summed E-state index contributed by atoms with van der Waals surface area (Å²) in [5.74, 6) is 0. The topological polar surface area (TPSA) is 0 Å². The highest BCUT2D eigenvalue weighted by Crippen LogP contribution is 2.60. The summed E-state index contributed by atoms with van der Waals surface area (Å²) in [6, 6.07) is 0. The monoisotopic (exact) mass is 154 g/mol. The predicted molar refractivity (Wildman–Crippen MR) is 44.2 cm³/mol. The molecule has 0 aromatic carbocycles. The van der Waals surface area contributed by atoms with Crippen LogP contribution in [0.15, 0.2) is 11.1 Å². The highest BCUT2D eigenvalue weighted by atomic mass is 19.1. The number of fused-ring (bicyclic) bond motifs is 2. The zero-order valence-electron chi connectivity index (χ0n) is 7.50. The fourth-order valence-corrected chi connectivity index (χ4v) is 2.70. The van der Waals surface area contributed by atoms with E-state index < -0.39 is 5.67 Å². The van der Waals surface area contributed by atoms with Crippen molar-refractivity contribution in [2.75, 3.05) is 0 Å². The molecule has 0 aromatic rings. The molecule has 0 aliphatic heterocycles. The van der Waals surface area contributed by atoms with Crippen molar-refractivity contribution in [3.8, 4) is 0 Å². The molecule has 0 nitrogen and oxygen atoms in total. The third-order valence-electron chi connectivity index (χ3n) is 3.88.